The van der Waals surface area contributed by atoms with E-state index in [0.29, 0.717) is 27.3 Å². The molecule has 1 N–H and O–H groups in total. The number of hydrogen-bond donors (Lipinski definition) is 1. The van der Waals surface area contributed by atoms with E-state index in [4.69, 9.17) is 21.1 Å². The molecular formula is C32H29ClN2O4S. The van der Waals surface area contributed by atoms with Crippen molar-refractivity contribution in [3.05, 3.63) is 111 Å². The highest BCUT2D eigenvalue weighted by Crippen LogP contribution is 2.41. The first-order chi connectivity index (χ1) is 19.4. The average molecular weight is 573 g/mol. The zero-order valence-corrected chi connectivity index (χ0v) is 23.8. The minimum atomic E-state index is -0.611. The zero-order chi connectivity index (χ0) is 28.1. The van der Waals surface area contributed by atoms with Crippen molar-refractivity contribution in [3.63, 3.8) is 0 Å². The first-order valence-corrected chi connectivity index (χ1v) is 14.2. The minimum absolute atomic E-state index is 0.0603. The van der Waals surface area contributed by atoms with Gasteiger partial charge >= 0.3 is 5.97 Å². The zero-order valence-electron chi connectivity index (χ0n) is 22.3. The molecule has 1 aliphatic heterocycles. The maximum absolute atomic E-state index is 12.8. The Kier molecular flexibility index (Phi) is 8.63. The van der Waals surface area contributed by atoms with E-state index in [9.17, 15) is 9.90 Å². The third-order valence-corrected chi connectivity index (χ3v) is 7.70. The molecule has 1 aromatic heterocycles. The minimum Gasteiger partial charge on any atom is -0.506 e. The van der Waals surface area contributed by atoms with E-state index < -0.39 is 5.97 Å². The number of aliphatic imine (C=N–C) groups is 1. The van der Waals surface area contributed by atoms with Gasteiger partial charge in [-0.1, -0.05) is 59.8 Å². The fourth-order valence-corrected chi connectivity index (χ4v) is 5.63. The summed E-state index contributed by atoms with van der Waals surface area (Å²) in [5, 5.41) is 13.2. The molecule has 0 spiro atoms. The Morgan fingerprint density at radius 1 is 1.07 bits per heavy atom. The quantitative estimate of drug-likeness (QED) is 0.161. The van der Waals surface area contributed by atoms with Crippen LogP contribution in [-0.2, 0) is 16.1 Å². The Morgan fingerprint density at radius 3 is 2.60 bits per heavy atom. The van der Waals surface area contributed by atoms with Crippen LogP contribution in [-0.4, -0.2) is 33.9 Å². The summed E-state index contributed by atoms with van der Waals surface area (Å²) in [6.07, 6.45) is 4.79. The number of aliphatic hydroxyl groups excluding tert-OH is 1. The number of esters is 1. The number of thioether (sulfide) groups is 1. The lowest BCUT2D eigenvalue weighted by atomic mass is 10.1. The molecule has 0 amide bonds. The maximum Gasteiger partial charge on any atom is 0.344 e. The van der Waals surface area contributed by atoms with Crippen molar-refractivity contribution in [1.29, 1.82) is 0 Å². The van der Waals surface area contributed by atoms with Crippen molar-refractivity contribution in [3.8, 4) is 5.75 Å². The molecule has 0 bridgehead atoms. The fraction of sp³-hybridized carbons (Fsp3) is 0.188. The van der Waals surface area contributed by atoms with Gasteiger partial charge in [0, 0.05) is 34.2 Å². The van der Waals surface area contributed by atoms with E-state index in [1.807, 2.05) is 49.4 Å². The number of carbonyl (C=O) groups excluding carboxylic acids is 1. The van der Waals surface area contributed by atoms with E-state index in [0.717, 1.165) is 40.7 Å². The van der Waals surface area contributed by atoms with E-state index in [1.165, 1.54) is 11.8 Å². The Bertz CT molecular complexity index is 1640. The summed E-state index contributed by atoms with van der Waals surface area (Å²) in [4.78, 5) is 17.9. The Hall–Kier alpha value is -3.94. The van der Waals surface area contributed by atoms with Crippen molar-refractivity contribution in [1.82, 2.24) is 4.57 Å². The number of ether oxygens (including phenoxy) is 2. The van der Waals surface area contributed by atoms with Crippen LogP contribution in [0, 0.1) is 6.92 Å². The van der Waals surface area contributed by atoms with Crippen LogP contribution in [0.5, 0.6) is 5.75 Å². The van der Waals surface area contributed by atoms with E-state index >= 15 is 0 Å². The molecule has 0 aliphatic carbocycles. The Labute approximate surface area is 242 Å². The van der Waals surface area contributed by atoms with Gasteiger partial charge in [0.25, 0.3) is 0 Å². The van der Waals surface area contributed by atoms with Gasteiger partial charge in [0.1, 0.15) is 22.1 Å². The van der Waals surface area contributed by atoms with E-state index in [-0.39, 0.29) is 17.9 Å². The second kappa shape index (κ2) is 12.5. The summed E-state index contributed by atoms with van der Waals surface area (Å²) in [6.45, 7) is 5.32. The van der Waals surface area contributed by atoms with Crippen LogP contribution >= 0.6 is 23.4 Å². The van der Waals surface area contributed by atoms with E-state index in [1.54, 1.807) is 31.2 Å². The molecule has 3 aromatic carbocycles. The van der Waals surface area contributed by atoms with Crippen LogP contribution in [0.4, 0.5) is 5.69 Å². The predicted octanol–water partition coefficient (Wildman–Crippen LogP) is 8.27. The molecule has 0 saturated carbocycles. The van der Waals surface area contributed by atoms with Gasteiger partial charge in [0.2, 0.25) is 0 Å². The summed E-state index contributed by atoms with van der Waals surface area (Å²) in [6, 6.07) is 23.1. The molecule has 0 atom stereocenters. The highest BCUT2D eigenvalue weighted by atomic mass is 35.5. The molecule has 4 aromatic rings. The summed E-state index contributed by atoms with van der Waals surface area (Å²) < 4.78 is 13.4. The number of nitrogens with zero attached hydrogens (tertiary/aromatic N) is 2. The van der Waals surface area contributed by atoms with Crippen LogP contribution in [0.1, 0.15) is 24.5 Å². The molecule has 0 radical (unpaired) electrons. The molecule has 40 heavy (non-hydrogen) atoms. The van der Waals surface area contributed by atoms with E-state index in [2.05, 4.69) is 27.9 Å². The molecule has 2 heterocycles. The van der Waals surface area contributed by atoms with Crippen LogP contribution in [0.3, 0.4) is 0 Å². The number of benzene rings is 3. The molecule has 204 valence electrons. The molecule has 8 heteroatoms. The monoisotopic (exact) mass is 572 g/mol. The third-order valence-electron chi connectivity index (χ3n) is 6.43. The summed E-state index contributed by atoms with van der Waals surface area (Å²) in [5.41, 5.74) is 3.81. The van der Waals surface area contributed by atoms with Gasteiger partial charge in [-0.25, -0.2) is 9.79 Å². The largest absolute Gasteiger partial charge is 0.506 e. The second-order valence-corrected chi connectivity index (χ2v) is 10.7. The highest BCUT2D eigenvalue weighted by molar-refractivity contribution is 8.18. The number of fused-ring (bicyclic) bond motifs is 1. The number of rotatable bonds is 9. The van der Waals surface area contributed by atoms with Crippen molar-refractivity contribution in [2.24, 2.45) is 4.99 Å². The predicted molar refractivity (Wildman–Crippen MR) is 164 cm³/mol. The van der Waals surface area contributed by atoms with Gasteiger partial charge in [0.15, 0.2) is 0 Å². The van der Waals surface area contributed by atoms with Gasteiger partial charge in [-0.3, -0.25) is 0 Å². The van der Waals surface area contributed by atoms with Crippen molar-refractivity contribution >= 4 is 57.0 Å². The lowest BCUT2D eigenvalue weighted by Gasteiger charge is -2.09. The molecule has 0 unspecified atom stereocenters. The number of aliphatic hydroxyl groups is 1. The first kappa shape index (κ1) is 27.6. The van der Waals surface area contributed by atoms with Gasteiger partial charge < -0.3 is 19.1 Å². The SMILES string of the molecule is CCOC(=O)C1=C(O)/C(=C/c2cn(CCCOc3ccccc3C)c3ccccc23)SC1=Nc1ccc(Cl)cc1. The van der Waals surface area contributed by atoms with Crippen LogP contribution in [0.2, 0.25) is 5.02 Å². The van der Waals surface area contributed by atoms with Crippen molar-refractivity contribution in [2.45, 2.75) is 26.8 Å². The average Bonchev–Trinajstić information content (AvgIpc) is 3.45. The molecule has 0 saturated heterocycles. The lowest BCUT2D eigenvalue weighted by Crippen LogP contribution is -2.12. The molecule has 5 rings (SSSR count). The summed E-state index contributed by atoms with van der Waals surface area (Å²) >= 11 is 7.25. The van der Waals surface area contributed by atoms with Gasteiger partial charge in [-0.05, 0) is 68.3 Å². The highest BCUT2D eigenvalue weighted by Gasteiger charge is 2.33. The third kappa shape index (κ3) is 6.11. The van der Waals surface area contributed by atoms with Crippen LogP contribution < -0.4 is 4.74 Å². The number of carbonyl (C=O) groups is 1. The molecule has 1 aliphatic rings. The fourth-order valence-electron chi connectivity index (χ4n) is 4.48. The van der Waals surface area contributed by atoms with Gasteiger partial charge in [-0.15, -0.1) is 0 Å². The normalized spacial score (nSPS) is 15.4. The summed E-state index contributed by atoms with van der Waals surface area (Å²) in [7, 11) is 0. The summed E-state index contributed by atoms with van der Waals surface area (Å²) in [5.74, 6) is 0.151. The number of hydrogen-bond acceptors (Lipinski definition) is 6. The first-order valence-electron chi connectivity index (χ1n) is 13.1. The smallest absolute Gasteiger partial charge is 0.344 e. The number of para-hydroxylation sites is 2. The van der Waals surface area contributed by atoms with Crippen LogP contribution in [0.25, 0.3) is 17.0 Å². The number of aryl methyl sites for hydroxylation is 2. The number of halogens is 1. The number of aromatic nitrogens is 1. The molecular weight excluding hydrogens is 544 g/mol. The Morgan fingerprint density at radius 2 is 1.82 bits per heavy atom. The molecule has 0 fully saturated rings. The lowest BCUT2D eigenvalue weighted by molar-refractivity contribution is -0.138. The Balaban J connectivity index is 1.42. The maximum atomic E-state index is 12.8. The van der Waals surface area contributed by atoms with Gasteiger partial charge in [-0.2, -0.15) is 0 Å². The molecule has 6 nitrogen and oxygen atoms in total. The van der Waals surface area contributed by atoms with Gasteiger partial charge in [0.05, 0.1) is 23.8 Å². The second-order valence-electron chi connectivity index (χ2n) is 9.21. The van der Waals surface area contributed by atoms with Crippen LogP contribution in [0.15, 0.2) is 100 Å². The standard InChI is InChI=1S/C32H29ClN2O4S/c1-3-38-32(37)29-30(36)28(40-31(29)34-24-15-13-23(33)14-16-24)19-22-20-35(26-11-6-5-10-25(22)26)17-8-18-39-27-12-7-4-9-21(27)2/h4-7,9-16,19-20,36H,3,8,17-18H2,1-2H3/b28-19-,34-31?. The van der Waals surface area contributed by atoms with Crippen molar-refractivity contribution in [2.75, 3.05) is 13.2 Å². The van der Waals surface area contributed by atoms with Crippen molar-refractivity contribution < 1.29 is 19.4 Å². The topological polar surface area (TPSA) is 73.0 Å².